The van der Waals surface area contributed by atoms with Crippen molar-refractivity contribution >= 4 is 21.7 Å². The molecule has 0 atom stereocenters. The molecule has 0 aromatic heterocycles. The smallest absolute Gasteiger partial charge is 0.335 e. The number of allylic oxidation sites excluding steroid dienone is 1. The number of hydrogen-bond donors (Lipinski definition) is 3. The summed E-state index contributed by atoms with van der Waals surface area (Å²) in [4.78, 5) is 10.6. The van der Waals surface area contributed by atoms with Crippen molar-refractivity contribution in [2.24, 2.45) is 0 Å². The van der Waals surface area contributed by atoms with Crippen LogP contribution in [0.1, 0.15) is 24.2 Å². The van der Waals surface area contributed by atoms with Crippen LogP contribution in [-0.4, -0.2) is 26.0 Å². The Bertz CT molecular complexity index is 617. The first-order valence-electron chi connectivity index (χ1n) is 5.50. The van der Waals surface area contributed by atoms with Gasteiger partial charge in [0.15, 0.2) is 0 Å². The van der Waals surface area contributed by atoms with Crippen molar-refractivity contribution in [2.45, 2.75) is 18.7 Å². The predicted octanol–water partition coefficient (Wildman–Crippen LogP) is 1.21. The second-order valence-electron chi connectivity index (χ2n) is 4.19. The zero-order valence-corrected chi connectivity index (χ0v) is 11.5. The van der Waals surface area contributed by atoms with Crippen molar-refractivity contribution < 1.29 is 18.3 Å². The third-order valence-electron chi connectivity index (χ3n) is 2.33. The number of hydrogen-bond acceptors (Lipinski definition) is 4. The maximum Gasteiger partial charge on any atom is 0.335 e. The topological polar surface area (TPSA) is 109 Å². The van der Waals surface area contributed by atoms with E-state index in [0.717, 1.165) is 11.6 Å². The minimum atomic E-state index is -3.74. The number of rotatable bonds is 5. The van der Waals surface area contributed by atoms with Gasteiger partial charge >= 0.3 is 5.97 Å². The van der Waals surface area contributed by atoms with Crippen LogP contribution in [0, 0.1) is 0 Å². The maximum atomic E-state index is 11.9. The number of nitrogen functional groups attached to an aromatic ring is 1. The van der Waals surface area contributed by atoms with Gasteiger partial charge in [0.2, 0.25) is 10.0 Å². The number of nitrogens with two attached hydrogens (primary N) is 1. The van der Waals surface area contributed by atoms with Crippen LogP contribution in [0.3, 0.4) is 0 Å². The van der Waals surface area contributed by atoms with Gasteiger partial charge < -0.3 is 10.8 Å². The van der Waals surface area contributed by atoms with E-state index in [0.29, 0.717) is 0 Å². The zero-order valence-electron chi connectivity index (χ0n) is 10.7. The van der Waals surface area contributed by atoms with Gasteiger partial charge in [-0.3, -0.25) is 0 Å². The largest absolute Gasteiger partial charge is 0.478 e. The van der Waals surface area contributed by atoms with E-state index in [9.17, 15) is 13.2 Å². The number of sulfonamides is 1. The first kappa shape index (κ1) is 15.2. The summed E-state index contributed by atoms with van der Waals surface area (Å²) in [7, 11) is -3.74. The third kappa shape index (κ3) is 4.08. The van der Waals surface area contributed by atoms with E-state index < -0.39 is 16.0 Å². The highest BCUT2D eigenvalue weighted by Gasteiger charge is 2.17. The van der Waals surface area contributed by atoms with Crippen LogP contribution in [0.4, 0.5) is 5.69 Å². The molecule has 0 spiro atoms. The standard InChI is InChI=1S/C12H16N2O4S/c1-8(2)5-6-14-19(17,18)11-4-3-9(12(15)16)7-10(11)13/h3-5,7,14H,6,13H2,1-2H3,(H,15,16). The lowest BCUT2D eigenvalue weighted by atomic mass is 10.2. The first-order chi connectivity index (χ1) is 8.74. The number of anilines is 1. The van der Waals surface area contributed by atoms with Gasteiger partial charge in [-0.05, 0) is 32.0 Å². The molecule has 0 unspecified atom stereocenters. The van der Waals surface area contributed by atoms with Crippen LogP contribution in [0.25, 0.3) is 0 Å². The van der Waals surface area contributed by atoms with Gasteiger partial charge in [-0.25, -0.2) is 17.9 Å². The summed E-state index contributed by atoms with van der Waals surface area (Å²) in [5.74, 6) is -1.16. The van der Waals surface area contributed by atoms with Crippen LogP contribution in [0.2, 0.25) is 0 Å². The Balaban J connectivity index is 3.02. The number of carboxylic acid groups (broad SMARTS) is 1. The highest BCUT2D eigenvalue weighted by molar-refractivity contribution is 7.89. The summed E-state index contributed by atoms with van der Waals surface area (Å²) < 4.78 is 26.3. The molecule has 0 amide bonds. The number of carboxylic acids is 1. The van der Waals surface area contributed by atoms with Crippen molar-refractivity contribution in [2.75, 3.05) is 12.3 Å². The third-order valence-corrected chi connectivity index (χ3v) is 3.83. The summed E-state index contributed by atoms with van der Waals surface area (Å²) in [6.07, 6.45) is 1.72. The van der Waals surface area contributed by atoms with Crippen LogP contribution in [0.15, 0.2) is 34.7 Å². The van der Waals surface area contributed by atoms with Crippen molar-refractivity contribution in [1.29, 1.82) is 0 Å². The maximum absolute atomic E-state index is 11.9. The lowest BCUT2D eigenvalue weighted by Crippen LogP contribution is -2.25. The monoisotopic (exact) mass is 284 g/mol. The second kappa shape index (κ2) is 5.85. The summed E-state index contributed by atoms with van der Waals surface area (Å²) >= 11 is 0. The SMILES string of the molecule is CC(C)=CCNS(=O)(=O)c1ccc(C(=O)O)cc1N. The molecule has 0 saturated carbocycles. The molecular formula is C12H16N2O4S. The Morgan fingerprint density at radius 2 is 2.05 bits per heavy atom. The number of carbonyl (C=O) groups is 1. The van der Waals surface area contributed by atoms with Gasteiger partial charge in [-0.1, -0.05) is 11.6 Å². The summed E-state index contributed by atoms with van der Waals surface area (Å²) in [6, 6.07) is 3.51. The van der Waals surface area contributed by atoms with Crippen LogP contribution in [-0.2, 0) is 10.0 Å². The highest BCUT2D eigenvalue weighted by atomic mass is 32.2. The molecule has 0 bridgehead atoms. The number of nitrogens with one attached hydrogen (secondary N) is 1. The Morgan fingerprint density at radius 1 is 1.42 bits per heavy atom. The minimum Gasteiger partial charge on any atom is -0.478 e. The zero-order chi connectivity index (χ0) is 14.6. The molecule has 0 aliphatic carbocycles. The average Bonchev–Trinajstić information content (AvgIpc) is 2.27. The molecule has 19 heavy (non-hydrogen) atoms. The molecule has 0 heterocycles. The Morgan fingerprint density at radius 3 is 2.53 bits per heavy atom. The van der Waals surface area contributed by atoms with E-state index in [2.05, 4.69) is 4.72 Å². The van der Waals surface area contributed by atoms with Crippen LogP contribution >= 0.6 is 0 Å². The second-order valence-corrected chi connectivity index (χ2v) is 5.93. The Hall–Kier alpha value is -1.86. The molecule has 7 heteroatoms. The van der Waals surface area contributed by atoms with E-state index in [-0.39, 0.29) is 22.7 Å². The van der Waals surface area contributed by atoms with E-state index in [4.69, 9.17) is 10.8 Å². The fourth-order valence-electron chi connectivity index (χ4n) is 1.36. The summed E-state index contributed by atoms with van der Waals surface area (Å²) in [6.45, 7) is 3.86. The highest BCUT2D eigenvalue weighted by Crippen LogP contribution is 2.19. The molecule has 1 aromatic rings. The van der Waals surface area contributed by atoms with Gasteiger partial charge in [0.1, 0.15) is 4.90 Å². The van der Waals surface area contributed by atoms with Gasteiger partial charge in [-0.2, -0.15) is 0 Å². The number of aromatic carboxylic acids is 1. The normalized spacial score (nSPS) is 11.1. The van der Waals surface area contributed by atoms with E-state index >= 15 is 0 Å². The minimum absolute atomic E-state index is 0.0549. The van der Waals surface area contributed by atoms with E-state index in [1.54, 1.807) is 6.08 Å². The summed E-state index contributed by atoms with van der Waals surface area (Å²) in [5, 5.41) is 8.78. The first-order valence-corrected chi connectivity index (χ1v) is 6.98. The molecule has 0 aliphatic heterocycles. The van der Waals surface area contributed by atoms with Gasteiger partial charge in [0.05, 0.1) is 11.3 Å². The molecule has 1 rings (SSSR count). The quantitative estimate of drug-likeness (QED) is 0.556. The molecule has 0 fully saturated rings. The van der Waals surface area contributed by atoms with Crippen molar-refractivity contribution in [3.05, 3.63) is 35.4 Å². The van der Waals surface area contributed by atoms with Crippen LogP contribution in [0.5, 0.6) is 0 Å². The summed E-state index contributed by atoms with van der Waals surface area (Å²) in [5.41, 5.74) is 6.41. The Kier molecular flexibility index (Phi) is 4.68. The molecule has 0 aliphatic rings. The van der Waals surface area contributed by atoms with Crippen LogP contribution < -0.4 is 10.5 Å². The van der Waals surface area contributed by atoms with Gasteiger partial charge in [0.25, 0.3) is 0 Å². The van der Waals surface area contributed by atoms with Gasteiger partial charge in [0, 0.05) is 6.54 Å². The van der Waals surface area contributed by atoms with Crippen molar-refractivity contribution in [1.82, 2.24) is 4.72 Å². The van der Waals surface area contributed by atoms with Crippen molar-refractivity contribution in [3.8, 4) is 0 Å². The molecule has 0 radical (unpaired) electrons. The molecule has 4 N–H and O–H groups in total. The van der Waals surface area contributed by atoms with E-state index in [1.165, 1.54) is 12.1 Å². The molecule has 104 valence electrons. The van der Waals surface area contributed by atoms with Crippen molar-refractivity contribution in [3.63, 3.8) is 0 Å². The lowest BCUT2D eigenvalue weighted by molar-refractivity contribution is 0.0697. The molecule has 1 aromatic carbocycles. The molecule has 6 nitrogen and oxygen atoms in total. The van der Waals surface area contributed by atoms with Gasteiger partial charge in [-0.15, -0.1) is 0 Å². The fraction of sp³-hybridized carbons (Fsp3) is 0.250. The van der Waals surface area contributed by atoms with E-state index in [1.807, 2.05) is 13.8 Å². The molecular weight excluding hydrogens is 268 g/mol. The average molecular weight is 284 g/mol. The predicted molar refractivity (Wildman–Crippen MR) is 72.4 cm³/mol. The number of benzene rings is 1. The fourth-order valence-corrected chi connectivity index (χ4v) is 2.43. The lowest BCUT2D eigenvalue weighted by Gasteiger charge is -2.08. The Labute approximate surface area is 112 Å². The molecule has 0 saturated heterocycles.